The van der Waals surface area contributed by atoms with Crippen molar-refractivity contribution in [3.05, 3.63) is 52.9 Å². The first-order chi connectivity index (χ1) is 28.7. The Morgan fingerprint density at radius 3 is 2.18 bits per heavy atom. The molecule has 2 N–H and O–H groups in total. The molecule has 4 aliphatic rings. The largest absolute Gasteiger partial charge is 0.404 e. The summed E-state index contributed by atoms with van der Waals surface area (Å²) < 4.78 is 58.2. The Hall–Kier alpha value is -3.15. The number of nitrogens with zero attached hydrogens (tertiary/aromatic N) is 3. The molecule has 0 bridgehead atoms. The minimum absolute atomic E-state index is 0.0370. The number of thioether (sulfide) groups is 2. The maximum Gasteiger partial charge on any atom is 0.404 e. The van der Waals surface area contributed by atoms with E-state index < -0.39 is 60.9 Å². The van der Waals surface area contributed by atoms with Crippen molar-refractivity contribution in [1.82, 2.24) is 25.1 Å². The molecule has 1 aromatic carbocycles. The second-order valence-electron chi connectivity index (χ2n) is 18.5. The lowest BCUT2D eigenvalue weighted by atomic mass is 9.95. The Kier molecular flexibility index (Phi) is 13.4. The fourth-order valence-corrected chi connectivity index (χ4v) is 12.4. The summed E-state index contributed by atoms with van der Waals surface area (Å²) in [6.07, 6.45) is 6.92. The van der Waals surface area contributed by atoms with E-state index in [1.54, 1.807) is 63.9 Å². The lowest BCUT2D eigenvalue weighted by molar-refractivity contribution is -0.149. The number of aromatic nitrogens is 2. The van der Waals surface area contributed by atoms with Gasteiger partial charge in [0.25, 0.3) is 5.91 Å². The van der Waals surface area contributed by atoms with Gasteiger partial charge in [0.1, 0.15) is 12.1 Å². The summed E-state index contributed by atoms with van der Waals surface area (Å²) in [6.45, 7) is 10.5. The van der Waals surface area contributed by atoms with Crippen molar-refractivity contribution >= 4 is 80.5 Å². The van der Waals surface area contributed by atoms with Crippen molar-refractivity contribution in [2.24, 2.45) is 22.7 Å². The molecular weight excluding hydrogens is 868 g/mol. The van der Waals surface area contributed by atoms with Gasteiger partial charge in [0.15, 0.2) is 10.2 Å². The standard InChI is InChI=1S/C42H54F2N5O8PS3/c1-40(2,3)38(53)59-13-11-56-58(55,57-12-14-60-39(54)41(4,5)6)42(43,44)28-7-10-33-26(16-28)19-34(61-33)35(50)47-30-18-25-15-24(25)17-29-8-9-32(49(29)36(30)51)37(52)48-21-27(22-48)31-20-45-23-46-31/h7,10,16,19-20,23-25,27,29-30,32H,8-9,11-15,17-18,21-22H2,1-6H3,(H,45,46)(H,47,50)/t24-,25+,29+,30-,32-/m0/s1. The molecule has 1 aliphatic carbocycles. The number of halogens is 2. The van der Waals surface area contributed by atoms with Crippen LogP contribution in [0.1, 0.15) is 100 Å². The van der Waals surface area contributed by atoms with E-state index in [2.05, 4.69) is 15.3 Å². The Bertz CT molecular complexity index is 2160. The van der Waals surface area contributed by atoms with Gasteiger partial charge in [-0.3, -0.25) is 28.5 Å². The average molecular weight is 922 g/mol. The SMILES string of the molecule is CC(C)(C)C(=O)SCCOP(=O)(OCCSC(=O)C(C)(C)C)C(F)(F)c1ccc2sc(C(=O)N[C@H]3C[C@H]4C[C@H]4C[C@H]4CC[C@@H](C(=O)N5CC(c6cnc[nH]6)C5)N4C3=O)cc2c1. The zero-order valence-electron chi connectivity index (χ0n) is 35.2. The number of carbonyl (C=O) groups excluding carboxylic acids is 5. The maximum absolute atomic E-state index is 16.5. The van der Waals surface area contributed by atoms with E-state index in [0.717, 1.165) is 71.9 Å². The number of fused-ring (bicyclic) bond motifs is 3. The molecule has 0 unspecified atom stereocenters. The maximum atomic E-state index is 16.5. The summed E-state index contributed by atoms with van der Waals surface area (Å²) in [5.41, 5.74) is -5.19. The number of rotatable bonds is 14. The molecule has 3 saturated heterocycles. The highest BCUT2D eigenvalue weighted by Gasteiger charge is 2.56. The van der Waals surface area contributed by atoms with Gasteiger partial charge in [-0.2, -0.15) is 8.78 Å². The molecule has 3 aromatic rings. The number of nitrogens with one attached hydrogen (secondary N) is 2. The Labute approximate surface area is 367 Å². The predicted molar refractivity (Wildman–Crippen MR) is 233 cm³/mol. The summed E-state index contributed by atoms with van der Waals surface area (Å²) in [5, 5.41) is 2.87. The van der Waals surface area contributed by atoms with Crippen molar-refractivity contribution in [2.75, 3.05) is 37.8 Å². The topological polar surface area (TPSA) is 168 Å². The normalized spacial score (nSPS) is 23.5. The van der Waals surface area contributed by atoms with Crippen molar-refractivity contribution in [3.8, 4) is 0 Å². The van der Waals surface area contributed by atoms with Crippen LogP contribution in [0.2, 0.25) is 0 Å². The van der Waals surface area contributed by atoms with Crippen LogP contribution in [0.15, 0.2) is 36.8 Å². The van der Waals surface area contributed by atoms with E-state index in [-0.39, 0.29) is 55.8 Å². The van der Waals surface area contributed by atoms with Crippen LogP contribution in [0.25, 0.3) is 10.1 Å². The van der Waals surface area contributed by atoms with Gasteiger partial charge in [-0.25, -0.2) is 4.98 Å². The quantitative estimate of drug-likeness (QED) is 0.119. The number of aromatic amines is 1. The zero-order valence-corrected chi connectivity index (χ0v) is 38.6. The molecule has 2 aromatic heterocycles. The van der Waals surface area contributed by atoms with E-state index in [1.165, 1.54) is 12.1 Å². The number of benzene rings is 1. The molecule has 0 spiro atoms. The lowest BCUT2D eigenvalue weighted by Crippen LogP contribution is -2.59. The third-order valence-electron chi connectivity index (χ3n) is 11.8. The second kappa shape index (κ2) is 17.8. The van der Waals surface area contributed by atoms with Crippen molar-refractivity contribution in [3.63, 3.8) is 0 Å². The van der Waals surface area contributed by atoms with Gasteiger partial charge in [-0.1, -0.05) is 71.1 Å². The molecule has 3 aliphatic heterocycles. The first-order valence-electron chi connectivity index (χ1n) is 20.7. The summed E-state index contributed by atoms with van der Waals surface area (Å²) in [7, 11) is -5.25. The first kappa shape index (κ1) is 45.9. The highest BCUT2D eigenvalue weighted by molar-refractivity contribution is 8.14. The molecule has 4 fully saturated rings. The van der Waals surface area contributed by atoms with Crippen LogP contribution in [-0.2, 0) is 38.5 Å². The van der Waals surface area contributed by atoms with E-state index in [4.69, 9.17) is 9.05 Å². The van der Waals surface area contributed by atoms with Gasteiger partial charge in [0.05, 0.1) is 24.4 Å². The lowest BCUT2D eigenvalue weighted by Gasteiger charge is -2.42. The number of likely N-dealkylation sites (tertiary alicyclic amines) is 1. The van der Waals surface area contributed by atoms with E-state index >= 15 is 8.78 Å². The predicted octanol–water partition coefficient (Wildman–Crippen LogP) is 8.03. The molecular formula is C42H54F2N5O8PS3. The highest BCUT2D eigenvalue weighted by atomic mass is 32.2. The number of carbonyl (C=O) groups is 5. The Morgan fingerprint density at radius 1 is 0.934 bits per heavy atom. The molecule has 332 valence electrons. The molecule has 13 nitrogen and oxygen atoms in total. The molecule has 3 amide bonds. The fourth-order valence-electron chi connectivity index (χ4n) is 8.13. The smallest absolute Gasteiger partial charge is 0.348 e. The number of hydrogen-bond acceptors (Lipinski definition) is 12. The van der Waals surface area contributed by atoms with Gasteiger partial charge in [0, 0.05) is 69.5 Å². The van der Waals surface area contributed by atoms with Crippen LogP contribution in [0.5, 0.6) is 0 Å². The van der Waals surface area contributed by atoms with E-state index in [1.807, 2.05) is 0 Å². The molecule has 7 rings (SSSR count). The zero-order chi connectivity index (χ0) is 44.1. The summed E-state index contributed by atoms with van der Waals surface area (Å²) in [5.74, 6) is -0.0738. The van der Waals surface area contributed by atoms with Crippen LogP contribution in [0.4, 0.5) is 8.78 Å². The monoisotopic (exact) mass is 921 g/mol. The molecule has 5 atom stereocenters. The van der Waals surface area contributed by atoms with E-state index in [0.29, 0.717) is 42.5 Å². The average Bonchev–Trinajstić information content (AvgIpc) is 3.56. The first-order valence-corrected chi connectivity index (χ1v) is 25.0. The second-order valence-corrected chi connectivity index (χ2v) is 23.8. The fraction of sp³-hybridized carbons (Fsp3) is 0.619. The van der Waals surface area contributed by atoms with Gasteiger partial charge >= 0.3 is 13.3 Å². The van der Waals surface area contributed by atoms with Gasteiger partial charge in [-0.15, -0.1) is 11.3 Å². The van der Waals surface area contributed by atoms with Gasteiger partial charge in [-0.05, 0) is 67.5 Å². The summed E-state index contributed by atoms with van der Waals surface area (Å²) in [6, 6.07) is 3.59. The van der Waals surface area contributed by atoms with Crippen molar-refractivity contribution in [2.45, 2.75) is 103 Å². The third kappa shape index (κ3) is 9.99. The van der Waals surface area contributed by atoms with Crippen LogP contribution >= 0.6 is 42.5 Å². The molecule has 1 saturated carbocycles. The minimum atomic E-state index is -5.25. The van der Waals surface area contributed by atoms with Crippen molar-refractivity contribution in [1.29, 1.82) is 0 Å². The van der Waals surface area contributed by atoms with Crippen LogP contribution in [0.3, 0.4) is 0 Å². The van der Waals surface area contributed by atoms with Gasteiger partial charge in [0.2, 0.25) is 11.8 Å². The van der Waals surface area contributed by atoms with Crippen LogP contribution in [-0.4, -0.2) is 104 Å². The molecule has 5 heterocycles. The van der Waals surface area contributed by atoms with Crippen LogP contribution < -0.4 is 5.32 Å². The highest BCUT2D eigenvalue weighted by Crippen LogP contribution is 2.67. The summed E-state index contributed by atoms with van der Waals surface area (Å²) >= 11 is 2.84. The molecule has 61 heavy (non-hydrogen) atoms. The number of thiophene rings is 1. The Balaban J connectivity index is 1.05. The van der Waals surface area contributed by atoms with Crippen LogP contribution in [0, 0.1) is 22.7 Å². The number of hydrogen-bond donors (Lipinski definition) is 2. The molecule has 19 heteroatoms. The number of imidazole rings is 1. The summed E-state index contributed by atoms with van der Waals surface area (Å²) in [4.78, 5) is 77.8. The number of H-pyrrole nitrogens is 1. The van der Waals surface area contributed by atoms with Crippen molar-refractivity contribution < 1.29 is 46.4 Å². The molecule has 0 radical (unpaired) electrons. The number of alkyl halides is 2. The van der Waals surface area contributed by atoms with E-state index in [9.17, 15) is 28.5 Å². The van der Waals surface area contributed by atoms with Gasteiger partial charge < -0.3 is 29.1 Å². The Morgan fingerprint density at radius 2 is 1.57 bits per heavy atom. The number of amides is 3. The minimum Gasteiger partial charge on any atom is -0.348 e. The third-order valence-corrected chi connectivity index (χ3v) is 17.4.